The van der Waals surface area contributed by atoms with Crippen molar-refractivity contribution in [1.29, 1.82) is 0 Å². The van der Waals surface area contributed by atoms with Crippen molar-refractivity contribution < 1.29 is 8.83 Å². The summed E-state index contributed by atoms with van der Waals surface area (Å²) in [7, 11) is 0. The molecular formula is C11H14N2O2. The van der Waals surface area contributed by atoms with Crippen LogP contribution in [-0.4, -0.2) is 11.5 Å². The zero-order valence-corrected chi connectivity index (χ0v) is 8.69. The minimum Gasteiger partial charge on any atom is -0.459 e. The highest BCUT2D eigenvalue weighted by Crippen LogP contribution is 2.18. The average molecular weight is 206 g/mol. The second kappa shape index (κ2) is 4.79. The van der Waals surface area contributed by atoms with Crippen molar-refractivity contribution in [2.75, 3.05) is 6.54 Å². The predicted octanol–water partition coefficient (Wildman–Crippen LogP) is 2.43. The van der Waals surface area contributed by atoms with Crippen molar-refractivity contribution in [3.8, 4) is 11.7 Å². The van der Waals surface area contributed by atoms with Crippen LogP contribution in [0.4, 0.5) is 0 Å². The van der Waals surface area contributed by atoms with E-state index >= 15 is 0 Å². The third kappa shape index (κ3) is 2.47. The molecule has 0 bridgehead atoms. The lowest BCUT2D eigenvalue weighted by atomic mass is 10.4. The summed E-state index contributed by atoms with van der Waals surface area (Å²) < 4.78 is 10.5. The number of rotatable bonds is 5. The Morgan fingerprint density at radius 3 is 3.07 bits per heavy atom. The minimum absolute atomic E-state index is 0.535. The van der Waals surface area contributed by atoms with Crippen LogP contribution in [0.25, 0.3) is 11.7 Å². The molecule has 0 radical (unpaired) electrons. The lowest BCUT2D eigenvalue weighted by Crippen LogP contribution is -2.13. The van der Waals surface area contributed by atoms with E-state index < -0.39 is 0 Å². The lowest BCUT2D eigenvalue weighted by Gasteiger charge is -1.96. The van der Waals surface area contributed by atoms with Crippen LogP contribution in [-0.2, 0) is 6.54 Å². The fourth-order valence-electron chi connectivity index (χ4n) is 1.29. The standard InChI is InChI=1S/C11H14N2O2/c1-2-5-12-7-9-8-15-11(13-9)10-4-3-6-14-10/h3-4,6,8,12H,2,5,7H2,1H3. The van der Waals surface area contributed by atoms with Crippen LogP contribution in [0.1, 0.15) is 19.0 Å². The maximum atomic E-state index is 5.29. The Hall–Kier alpha value is -1.55. The molecule has 4 heteroatoms. The summed E-state index contributed by atoms with van der Waals surface area (Å²) in [6.07, 6.45) is 4.37. The first-order valence-electron chi connectivity index (χ1n) is 5.09. The Balaban J connectivity index is 1.98. The number of aromatic nitrogens is 1. The molecule has 2 aromatic rings. The second-order valence-electron chi connectivity index (χ2n) is 3.30. The van der Waals surface area contributed by atoms with Crippen LogP contribution in [0.5, 0.6) is 0 Å². The Morgan fingerprint density at radius 1 is 1.40 bits per heavy atom. The Bertz CT molecular complexity index is 392. The van der Waals surface area contributed by atoms with Gasteiger partial charge in [-0.3, -0.25) is 0 Å². The molecule has 0 unspecified atom stereocenters. The molecule has 0 aliphatic carbocycles. The van der Waals surface area contributed by atoms with E-state index in [-0.39, 0.29) is 0 Å². The van der Waals surface area contributed by atoms with E-state index in [0.29, 0.717) is 11.7 Å². The number of furan rings is 1. The fraction of sp³-hybridized carbons (Fsp3) is 0.364. The monoisotopic (exact) mass is 206 g/mol. The Morgan fingerprint density at radius 2 is 2.33 bits per heavy atom. The van der Waals surface area contributed by atoms with E-state index in [0.717, 1.165) is 25.2 Å². The molecule has 0 atom stereocenters. The van der Waals surface area contributed by atoms with Crippen LogP contribution in [0.2, 0.25) is 0 Å². The van der Waals surface area contributed by atoms with Gasteiger partial charge in [0.1, 0.15) is 6.26 Å². The van der Waals surface area contributed by atoms with Gasteiger partial charge in [-0.1, -0.05) is 6.92 Å². The van der Waals surface area contributed by atoms with Gasteiger partial charge in [0, 0.05) is 6.54 Å². The molecule has 1 N–H and O–H groups in total. The lowest BCUT2D eigenvalue weighted by molar-refractivity contribution is 0.516. The van der Waals surface area contributed by atoms with Crippen LogP contribution in [0.3, 0.4) is 0 Å². The van der Waals surface area contributed by atoms with Crippen molar-refractivity contribution in [3.05, 3.63) is 30.4 Å². The Labute approximate surface area is 88.3 Å². The van der Waals surface area contributed by atoms with Gasteiger partial charge in [-0.15, -0.1) is 0 Å². The SMILES string of the molecule is CCCNCc1coc(-c2ccco2)n1. The Kier molecular flexibility index (Phi) is 3.19. The summed E-state index contributed by atoms with van der Waals surface area (Å²) in [5.74, 6) is 1.20. The topological polar surface area (TPSA) is 51.2 Å². The molecule has 0 amide bonds. The molecule has 2 rings (SSSR count). The highest BCUT2D eigenvalue weighted by molar-refractivity contribution is 5.43. The third-order valence-electron chi connectivity index (χ3n) is 2.02. The molecule has 0 aliphatic rings. The molecule has 15 heavy (non-hydrogen) atoms. The summed E-state index contributed by atoms with van der Waals surface area (Å²) in [5.41, 5.74) is 0.898. The van der Waals surface area contributed by atoms with Gasteiger partial charge in [-0.2, -0.15) is 0 Å². The third-order valence-corrected chi connectivity index (χ3v) is 2.02. The van der Waals surface area contributed by atoms with E-state index in [4.69, 9.17) is 8.83 Å². The number of nitrogens with zero attached hydrogens (tertiary/aromatic N) is 1. The molecule has 0 spiro atoms. The molecule has 0 aromatic carbocycles. The van der Waals surface area contributed by atoms with E-state index in [2.05, 4.69) is 17.2 Å². The molecule has 0 aliphatic heterocycles. The predicted molar refractivity (Wildman–Crippen MR) is 56.2 cm³/mol. The van der Waals surface area contributed by atoms with E-state index in [1.165, 1.54) is 0 Å². The first kappa shape index (κ1) is 9.98. The van der Waals surface area contributed by atoms with Crippen molar-refractivity contribution in [2.24, 2.45) is 0 Å². The quantitative estimate of drug-likeness (QED) is 0.763. The largest absolute Gasteiger partial charge is 0.459 e. The molecule has 0 saturated carbocycles. The van der Waals surface area contributed by atoms with Gasteiger partial charge in [0.15, 0.2) is 5.76 Å². The second-order valence-corrected chi connectivity index (χ2v) is 3.30. The van der Waals surface area contributed by atoms with Crippen LogP contribution >= 0.6 is 0 Å². The highest BCUT2D eigenvalue weighted by atomic mass is 16.4. The van der Waals surface area contributed by atoms with Gasteiger partial charge < -0.3 is 14.2 Å². The molecule has 80 valence electrons. The summed E-state index contributed by atoms with van der Waals surface area (Å²) in [4.78, 5) is 4.30. The zero-order valence-electron chi connectivity index (χ0n) is 8.69. The maximum Gasteiger partial charge on any atom is 0.263 e. The van der Waals surface area contributed by atoms with Crippen LogP contribution < -0.4 is 5.32 Å². The van der Waals surface area contributed by atoms with Crippen LogP contribution in [0, 0.1) is 0 Å². The summed E-state index contributed by atoms with van der Waals surface area (Å²) in [6.45, 7) is 3.85. The van der Waals surface area contributed by atoms with Crippen molar-refractivity contribution >= 4 is 0 Å². The molecular weight excluding hydrogens is 192 g/mol. The summed E-state index contributed by atoms with van der Waals surface area (Å²) in [6, 6.07) is 3.64. The molecule has 2 aromatic heterocycles. The van der Waals surface area contributed by atoms with E-state index in [1.54, 1.807) is 12.5 Å². The van der Waals surface area contributed by atoms with Crippen LogP contribution in [0.15, 0.2) is 33.5 Å². The molecule has 0 fully saturated rings. The summed E-state index contributed by atoms with van der Waals surface area (Å²) >= 11 is 0. The van der Waals surface area contributed by atoms with Gasteiger partial charge >= 0.3 is 0 Å². The average Bonchev–Trinajstić information content (AvgIpc) is 2.87. The smallest absolute Gasteiger partial charge is 0.263 e. The number of hydrogen-bond acceptors (Lipinski definition) is 4. The van der Waals surface area contributed by atoms with Gasteiger partial charge in [-0.25, -0.2) is 4.98 Å². The minimum atomic E-state index is 0.535. The summed E-state index contributed by atoms with van der Waals surface area (Å²) in [5, 5.41) is 3.26. The highest BCUT2D eigenvalue weighted by Gasteiger charge is 2.08. The fourth-order valence-corrected chi connectivity index (χ4v) is 1.29. The van der Waals surface area contributed by atoms with Crippen molar-refractivity contribution in [1.82, 2.24) is 10.3 Å². The van der Waals surface area contributed by atoms with E-state index in [1.807, 2.05) is 12.1 Å². The molecule has 0 saturated heterocycles. The normalized spacial score (nSPS) is 10.7. The first-order valence-corrected chi connectivity index (χ1v) is 5.09. The van der Waals surface area contributed by atoms with Crippen molar-refractivity contribution in [2.45, 2.75) is 19.9 Å². The van der Waals surface area contributed by atoms with Gasteiger partial charge in [-0.05, 0) is 25.1 Å². The van der Waals surface area contributed by atoms with Gasteiger partial charge in [0.2, 0.25) is 0 Å². The number of oxazole rings is 1. The number of nitrogens with one attached hydrogen (secondary N) is 1. The number of hydrogen-bond donors (Lipinski definition) is 1. The molecule has 4 nitrogen and oxygen atoms in total. The maximum absolute atomic E-state index is 5.29. The van der Waals surface area contributed by atoms with Crippen molar-refractivity contribution in [3.63, 3.8) is 0 Å². The van der Waals surface area contributed by atoms with E-state index in [9.17, 15) is 0 Å². The molecule has 2 heterocycles. The van der Waals surface area contributed by atoms with Gasteiger partial charge in [0.05, 0.1) is 12.0 Å². The zero-order chi connectivity index (χ0) is 10.5. The van der Waals surface area contributed by atoms with Gasteiger partial charge in [0.25, 0.3) is 5.89 Å². The first-order chi connectivity index (χ1) is 7.40.